The Hall–Kier alpha value is -5.90. The topological polar surface area (TPSA) is 141 Å². The Balaban J connectivity index is 1.01. The van der Waals surface area contributed by atoms with E-state index in [1.54, 1.807) is 54.6 Å². The third kappa shape index (κ3) is 5.29. The summed E-state index contributed by atoms with van der Waals surface area (Å²) in [7, 11) is 0. The zero-order valence-corrected chi connectivity index (χ0v) is 23.1. The number of imidazole rings is 2. The first-order valence-corrected chi connectivity index (χ1v) is 13.9. The van der Waals surface area contributed by atoms with Crippen LogP contribution in [0.5, 0.6) is 0 Å². The van der Waals surface area contributed by atoms with E-state index in [-0.39, 0.29) is 23.2 Å². The lowest BCUT2D eigenvalue weighted by Gasteiger charge is -2.11. The molecule has 43 heavy (non-hydrogen) atoms. The van der Waals surface area contributed by atoms with Gasteiger partial charge in [0.05, 0.1) is 16.7 Å². The van der Waals surface area contributed by atoms with Crippen LogP contribution >= 0.6 is 0 Å². The minimum Gasteiger partial charge on any atom is -0.340 e. The van der Waals surface area contributed by atoms with Crippen molar-refractivity contribution in [2.75, 3.05) is 10.6 Å². The number of amides is 2. The number of hydrogen-bond acceptors (Lipinski definition) is 6. The van der Waals surface area contributed by atoms with Crippen molar-refractivity contribution in [2.24, 2.45) is 0 Å². The highest BCUT2D eigenvalue weighted by atomic mass is 16.2. The number of anilines is 2. The van der Waals surface area contributed by atoms with Crippen LogP contribution in [0.4, 0.5) is 11.4 Å². The highest BCUT2D eigenvalue weighted by molar-refractivity contribution is 6.04. The molecule has 4 N–H and O–H groups in total. The molecule has 2 amide bonds. The molecule has 0 bridgehead atoms. The molecule has 1 aliphatic carbocycles. The van der Waals surface area contributed by atoms with E-state index in [1.165, 1.54) is 0 Å². The van der Waals surface area contributed by atoms with E-state index in [2.05, 4.69) is 53.5 Å². The second-order valence-corrected chi connectivity index (χ2v) is 10.3. The molecular weight excluding hydrogens is 540 g/mol. The summed E-state index contributed by atoms with van der Waals surface area (Å²) in [5.74, 6) is 0.862. The molecule has 0 radical (unpaired) electrons. The quantitative estimate of drug-likeness (QED) is 0.183. The molecule has 4 heterocycles. The van der Waals surface area contributed by atoms with E-state index < -0.39 is 0 Å². The van der Waals surface area contributed by atoms with Gasteiger partial charge in [0.2, 0.25) is 0 Å². The van der Waals surface area contributed by atoms with Crippen LogP contribution in [-0.4, -0.2) is 41.7 Å². The molecule has 210 valence electrons. The van der Waals surface area contributed by atoms with Gasteiger partial charge in [0, 0.05) is 23.0 Å². The predicted octanol–water partition coefficient (Wildman–Crippen LogP) is 6.44. The number of benzene rings is 2. The molecule has 7 rings (SSSR count). The Bertz CT molecular complexity index is 1990. The minimum atomic E-state index is -0.361. The lowest BCUT2D eigenvalue weighted by molar-refractivity contribution is 0.101. The van der Waals surface area contributed by atoms with Crippen molar-refractivity contribution in [2.45, 2.75) is 19.3 Å². The van der Waals surface area contributed by atoms with Crippen LogP contribution < -0.4 is 10.6 Å². The average molecular weight is 567 g/mol. The fourth-order valence-corrected chi connectivity index (χ4v) is 5.01. The van der Waals surface area contributed by atoms with Crippen molar-refractivity contribution in [1.82, 2.24) is 29.9 Å². The van der Waals surface area contributed by atoms with Crippen molar-refractivity contribution in [3.8, 4) is 23.0 Å². The number of hydrogen-bond donors (Lipinski definition) is 4. The summed E-state index contributed by atoms with van der Waals surface area (Å²) in [6.07, 6.45) is 5.08. The van der Waals surface area contributed by atoms with Gasteiger partial charge < -0.3 is 20.6 Å². The fraction of sp³-hybridized carbons (Fsp3) is 0.0909. The number of pyridine rings is 2. The lowest BCUT2D eigenvalue weighted by atomic mass is 9.97. The summed E-state index contributed by atoms with van der Waals surface area (Å²) in [5, 5.41) is 5.72. The van der Waals surface area contributed by atoms with Crippen molar-refractivity contribution < 1.29 is 9.59 Å². The summed E-state index contributed by atoms with van der Waals surface area (Å²) >= 11 is 0. The number of nitrogens with zero attached hydrogens (tertiary/aromatic N) is 4. The summed E-state index contributed by atoms with van der Waals surface area (Å²) in [6.45, 7) is 2.15. The Morgan fingerprint density at radius 2 is 1.30 bits per heavy atom. The molecule has 1 unspecified atom stereocenters. The van der Waals surface area contributed by atoms with Crippen LogP contribution in [0.2, 0.25) is 0 Å². The maximum absolute atomic E-state index is 13.0. The highest BCUT2D eigenvalue weighted by Crippen LogP contribution is 2.29. The second kappa shape index (κ2) is 10.8. The van der Waals surface area contributed by atoms with Gasteiger partial charge in [-0.05, 0) is 73.2 Å². The van der Waals surface area contributed by atoms with Crippen molar-refractivity contribution in [3.63, 3.8) is 0 Å². The van der Waals surface area contributed by atoms with E-state index >= 15 is 0 Å². The third-order valence-corrected chi connectivity index (χ3v) is 7.26. The van der Waals surface area contributed by atoms with Gasteiger partial charge in [-0.3, -0.25) is 9.59 Å². The SMILES string of the molecule is CC1CC=Cc2nc(-c3cccc(C(=O)Nc4ccc(NC(=O)c5cccc(-c6nc7ccccc7[nH]6)n5)cc4)n3)[nH]c21. The number of fused-ring (bicyclic) bond motifs is 2. The summed E-state index contributed by atoms with van der Waals surface area (Å²) in [6, 6.07) is 25.0. The molecule has 6 aromatic rings. The van der Waals surface area contributed by atoms with Crippen LogP contribution in [0.25, 0.3) is 40.1 Å². The van der Waals surface area contributed by atoms with Crippen LogP contribution in [0.3, 0.4) is 0 Å². The maximum atomic E-state index is 13.0. The van der Waals surface area contributed by atoms with Crippen molar-refractivity contribution in [1.29, 1.82) is 0 Å². The summed E-state index contributed by atoms with van der Waals surface area (Å²) < 4.78 is 0. The van der Waals surface area contributed by atoms with Crippen molar-refractivity contribution in [3.05, 3.63) is 114 Å². The van der Waals surface area contributed by atoms with E-state index in [0.717, 1.165) is 28.8 Å². The number of carbonyl (C=O) groups excluding carboxylic acids is 2. The zero-order valence-electron chi connectivity index (χ0n) is 23.1. The number of aromatic nitrogens is 6. The first-order valence-electron chi connectivity index (χ1n) is 13.9. The van der Waals surface area contributed by atoms with E-state index in [0.29, 0.717) is 40.3 Å². The lowest BCUT2D eigenvalue weighted by Crippen LogP contribution is -2.15. The van der Waals surface area contributed by atoms with Gasteiger partial charge in [-0.15, -0.1) is 0 Å². The molecule has 0 saturated carbocycles. The Morgan fingerprint density at radius 3 is 1.91 bits per heavy atom. The fourth-order valence-electron chi connectivity index (χ4n) is 5.01. The van der Waals surface area contributed by atoms with E-state index in [4.69, 9.17) is 0 Å². The Kier molecular flexibility index (Phi) is 6.55. The van der Waals surface area contributed by atoms with Gasteiger partial charge in [0.15, 0.2) is 11.6 Å². The smallest absolute Gasteiger partial charge is 0.274 e. The van der Waals surface area contributed by atoms with Gasteiger partial charge in [-0.1, -0.05) is 37.3 Å². The first kappa shape index (κ1) is 26.0. The summed E-state index contributed by atoms with van der Waals surface area (Å²) in [4.78, 5) is 50.8. The number of nitrogens with one attached hydrogen (secondary N) is 4. The van der Waals surface area contributed by atoms with Crippen LogP contribution in [0.15, 0.2) is 91.0 Å². The second-order valence-electron chi connectivity index (χ2n) is 10.3. The number of H-pyrrole nitrogens is 2. The molecule has 2 aromatic carbocycles. The molecule has 4 aromatic heterocycles. The molecule has 10 heteroatoms. The van der Waals surface area contributed by atoms with Gasteiger partial charge >= 0.3 is 0 Å². The van der Waals surface area contributed by atoms with Crippen LogP contribution in [0.1, 0.15) is 51.6 Å². The monoisotopic (exact) mass is 566 g/mol. The molecule has 0 aliphatic heterocycles. The first-order chi connectivity index (χ1) is 21.0. The minimum absolute atomic E-state index is 0.254. The van der Waals surface area contributed by atoms with Crippen LogP contribution in [-0.2, 0) is 0 Å². The Labute approximate surface area is 246 Å². The molecule has 1 aliphatic rings. The maximum Gasteiger partial charge on any atom is 0.274 e. The zero-order chi connectivity index (χ0) is 29.3. The number of rotatable bonds is 6. The summed E-state index contributed by atoms with van der Waals surface area (Å²) in [5.41, 5.74) is 6.52. The molecule has 10 nitrogen and oxygen atoms in total. The number of allylic oxidation sites excluding steroid dienone is 1. The number of aromatic amines is 2. The molecule has 0 spiro atoms. The number of para-hydroxylation sites is 2. The molecular formula is C33H26N8O2. The van der Waals surface area contributed by atoms with E-state index in [9.17, 15) is 9.59 Å². The van der Waals surface area contributed by atoms with Crippen LogP contribution in [0, 0.1) is 0 Å². The van der Waals surface area contributed by atoms with Gasteiger partial charge in [-0.2, -0.15) is 0 Å². The van der Waals surface area contributed by atoms with Gasteiger partial charge in [0.25, 0.3) is 11.8 Å². The predicted molar refractivity (Wildman–Crippen MR) is 166 cm³/mol. The average Bonchev–Trinajstić information content (AvgIpc) is 3.68. The molecule has 1 atom stereocenters. The van der Waals surface area contributed by atoms with E-state index in [1.807, 2.05) is 36.4 Å². The Morgan fingerprint density at radius 1 is 0.698 bits per heavy atom. The third-order valence-electron chi connectivity index (χ3n) is 7.26. The van der Waals surface area contributed by atoms with Gasteiger partial charge in [-0.25, -0.2) is 19.9 Å². The highest BCUT2D eigenvalue weighted by Gasteiger charge is 2.19. The largest absolute Gasteiger partial charge is 0.340 e. The molecule has 0 saturated heterocycles. The standard InChI is InChI=1S/C33H26N8O2/c1-19-7-4-10-24-29(19)41-31(40-24)26-12-6-14-28(37-26)33(43)35-21-17-15-20(16-18-21)34-32(42)27-13-5-11-25(36-27)30-38-22-8-2-3-9-23(22)39-30/h2-6,8-19H,7H2,1H3,(H,34,42)(H,35,43)(H,38,39)(H,40,41). The van der Waals surface area contributed by atoms with Gasteiger partial charge in [0.1, 0.15) is 22.8 Å². The molecule has 0 fully saturated rings. The number of carbonyl (C=O) groups is 2. The normalized spacial score (nSPS) is 13.9. The van der Waals surface area contributed by atoms with Crippen molar-refractivity contribution >= 4 is 40.3 Å².